The maximum atomic E-state index is 10.9. The Morgan fingerprint density at radius 1 is 1.24 bits per heavy atom. The average Bonchev–Trinajstić information content (AvgIpc) is 3.31. The van der Waals surface area contributed by atoms with Gasteiger partial charge in [-0.05, 0) is 42.7 Å². The van der Waals surface area contributed by atoms with E-state index in [4.69, 9.17) is 5.73 Å². The third-order valence-corrected chi connectivity index (χ3v) is 4.56. The molecule has 114 valence electrons. The summed E-state index contributed by atoms with van der Waals surface area (Å²) < 4.78 is 0. The number of carbonyl (C=O) groups is 1. The SMILES string of the molecule is NC(=O)CN1CCC(NCc2cccc(C3CC3)c2)CC1. The molecule has 2 fully saturated rings. The first-order valence-corrected chi connectivity index (χ1v) is 8.03. The lowest BCUT2D eigenvalue weighted by atomic mass is 10.0. The number of benzene rings is 1. The zero-order valence-electron chi connectivity index (χ0n) is 12.6. The lowest BCUT2D eigenvalue weighted by Crippen LogP contribution is -2.45. The molecule has 1 amide bonds. The number of likely N-dealkylation sites (tertiary alicyclic amines) is 1. The van der Waals surface area contributed by atoms with Crippen molar-refractivity contribution in [2.24, 2.45) is 5.73 Å². The lowest BCUT2D eigenvalue weighted by molar-refractivity contribution is -0.119. The van der Waals surface area contributed by atoms with Gasteiger partial charge in [-0.3, -0.25) is 9.69 Å². The van der Waals surface area contributed by atoms with Crippen molar-refractivity contribution < 1.29 is 4.79 Å². The topological polar surface area (TPSA) is 58.4 Å². The first-order chi connectivity index (χ1) is 10.2. The molecular weight excluding hydrogens is 262 g/mol. The number of piperidine rings is 1. The van der Waals surface area contributed by atoms with Crippen LogP contribution in [0.15, 0.2) is 24.3 Å². The van der Waals surface area contributed by atoms with Gasteiger partial charge in [0.05, 0.1) is 6.54 Å². The van der Waals surface area contributed by atoms with Crippen molar-refractivity contribution in [3.63, 3.8) is 0 Å². The number of hydrogen-bond acceptors (Lipinski definition) is 3. The summed E-state index contributed by atoms with van der Waals surface area (Å²) in [4.78, 5) is 13.1. The fraction of sp³-hybridized carbons (Fsp3) is 0.588. The second kappa shape index (κ2) is 6.58. The molecule has 1 aromatic carbocycles. The van der Waals surface area contributed by atoms with E-state index >= 15 is 0 Å². The van der Waals surface area contributed by atoms with Crippen LogP contribution in [0.3, 0.4) is 0 Å². The molecule has 0 atom stereocenters. The van der Waals surface area contributed by atoms with E-state index in [1.54, 1.807) is 0 Å². The van der Waals surface area contributed by atoms with Gasteiger partial charge < -0.3 is 11.1 Å². The zero-order chi connectivity index (χ0) is 14.7. The standard InChI is InChI=1S/C17H25N3O/c18-17(21)12-20-8-6-16(7-9-20)19-11-13-2-1-3-15(10-13)14-4-5-14/h1-3,10,14,16,19H,4-9,11-12H2,(H2,18,21). The van der Waals surface area contributed by atoms with Gasteiger partial charge >= 0.3 is 0 Å². The van der Waals surface area contributed by atoms with Crippen molar-refractivity contribution in [2.45, 2.75) is 44.2 Å². The van der Waals surface area contributed by atoms with Crippen LogP contribution in [0.25, 0.3) is 0 Å². The van der Waals surface area contributed by atoms with E-state index < -0.39 is 0 Å². The Bertz CT molecular complexity index is 491. The van der Waals surface area contributed by atoms with Gasteiger partial charge in [0.1, 0.15) is 0 Å². The Morgan fingerprint density at radius 3 is 2.67 bits per heavy atom. The molecule has 0 bridgehead atoms. The summed E-state index contributed by atoms with van der Waals surface area (Å²) in [5, 5.41) is 3.66. The summed E-state index contributed by atoms with van der Waals surface area (Å²) in [5.41, 5.74) is 8.13. The van der Waals surface area contributed by atoms with Crippen molar-refractivity contribution >= 4 is 5.91 Å². The number of rotatable bonds is 6. The molecule has 3 N–H and O–H groups in total. The molecule has 0 aromatic heterocycles. The lowest BCUT2D eigenvalue weighted by Gasteiger charge is -2.31. The molecule has 2 aliphatic rings. The van der Waals surface area contributed by atoms with E-state index in [1.165, 1.54) is 24.0 Å². The zero-order valence-corrected chi connectivity index (χ0v) is 12.6. The third kappa shape index (κ3) is 4.29. The highest BCUT2D eigenvalue weighted by Crippen LogP contribution is 2.40. The highest BCUT2D eigenvalue weighted by atomic mass is 16.1. The van der Waals surface area contributed by atoms with Crippen molar-refractivity contribution in [1.82, 2.24) is 10.2 Å². The van der Waals surface area contributed by atoms with Gasteiger partial charge in [0.2, 0.25) is 5.91 Å². The number of nitrogens with zero attached hydrogens (tertiary/aromatic N) is 1. The minimum Gasteiger partial charge on any atom is -0.369 e. The Balaban J connectivity index is 1.43. The van der Waals surface area contributed by atoms with Gasteiger partial charge in [-0.1, -0.05) is 24.3 Å². The maximum absolute atomic E-state index is 10.9. The van der Waals surface area contributed by atoms with Crippen LogP contribution in [-0.4, -0.2) is 36.5 Å². The molecule has 4 heteroatoms. The summed E-state index contributed by atoms with van der Waals surface area (Å²) >= 11 is 0. The van der Waals surface area contributed by atoms with E-state index in [2.05, 4.69) is 34.5 Å². The quantitative estimate of drug-likeness (QED) is 0.835. The molecule has 0 unspecified atom stereocenters. The van der Waals surface area contributed by atoms with Crippen molar-refractivity contribution in [1.29, 1.82) is 0 Å². The summed E-state index contributed by atoms with van der Waals surface area (Å²) in [5.74, 6) is 0.597. The molecular formula is C17H25N3O. The van der Waals surface area contributed by atoms with Crippen molar-refractivity contribution in [3.05, 3.63) is 35.4 Å². The predicted octanol–water partition coefficient (Wildman–Crippen LogP) is 1.60. The molecule has 1 aliphatic heterocycles. The molecule has 3 rings (SSSR count). The Kier molecular flexibility index (Phi) is 4.56. The van der Waals surface area contributed by atoms with E-state index in [9.17, 15) is 4.79 Å². The van der Waals surface area contributed by atoms with Crippen molar-refractivity contribution in [3.8, 4) is 0 Å². The number of amides is 1. The van der Waals surface area contributed by atoms with Crippen LogP contribution in [-0.2, 0) is 11.3 Å². The number of carbonyl (C=O) groups excluding carboxylic acids is 1. The summed E-state index contributed by atoms with van der Waals surface area (Å²) in [6.45, 7) is 3.27. The minimum absolute atomic E-state index is 0.224. The van der Waals surface area contributed by atoms with Gasteiger partial charge in [-0.15, -0.1) is 0 Å². The van der Waals surface area contributed by atoms with Crippen molar-refractivity contribution in [2.75, 3.05) is 19.6 Å². The Hall–Kier alpha value is -1.39. The average molecular weight is 287 g/mol. The van der Waals surface area contributed by atoms with Gasteiger partial charge in [0.15, 0.2) is 0 Å². The van der Waals surface area contributed by atoms with Crippen LogP contribution in [0.1, 0.15) is 42.7 Å². The summed E-state index contributed by atoms with van der Waals surface area (Å²) in [6, 6.07) is 9.55. The van der Waals surface area contributed by atoms with E-state index in [1.807, 2.05) is 0 Å². The molecule has 0 radical (unpaired) electrons. The number of primary amides is 1. The first kappa shape index (κ1) is 14.5. The highest BCUT2D eigenvalue weighted by molar-refractivity contribution is 5.75. The second-order valence-electron chi connectivity index (χ2n) is 6.42. The van der Waals surface area contributed by atoms with E-state index in [0.29, 0.717) is 12.6 Å². The van der Waals surface area contributed by atoms with Gasteiger partial charge in [0, 0.05) is 25.7 Å². The number of nitrogens with one attached hydrogen (secondary N) is 1. The molecule has 21 heavy (non-hydrogen) atoms. The monoisotopic (exact) mass is 287 g/mol. The van der Waals surface area contributed by atoms with Crippen LogP contribution in [0.2, 0.25) is 0 Å². The number of nitrogens with two attached hydrogens (primary N) is 1. The second-order valence-corrected chi connectivity index (χ2v) is 6.42. The van der Waals surface area contributed by atoms with E-state index in [0.717, 1.165) is 38.4 Å². The highest BCUT2D eigenvalue weighted by Gasteiger charge is 2.23. The fourth-order valence-corrected chi connectivity index (χ4v) is 3.15. The largest absolute Gasteiger partial charge is 0.369 e. The first-order valence-electron chi connectivity index (χ1n) is 8.03. The van der Waals surface area contributed by atoms with Crippen LogP contribution in [0, 0.1) is 0 Å². The molecule has 1 heterocycles. The molecule has 1 aliphatic carbocycles. The normalized spacial score (nSPS) is 20.6. The molecule has 4 nitrogen and oxygen atoms in total. The fourth-order valence-electron chi connectivity index (χ4n) is 3.15. The van der Waals surface area contributed by atoms with Gasteiger partial charge in [-0.2, -0.15) is 0 Å². The minimum atomic E-state index is -0.224. The molecule has 1 saturated heterocycles. The third-order valence-electron chi connectivity index (χ3n) is 4.56. The maximum Gasteiger partial charge on any atom is 0.231 e. The van der Waals surface area contributed by atoms with Gasteiger partial charge in [-0.25, -0.2) is 0 Å². The van der Waals surface area contributed by atoms with Gasteiger partial charge in [0.25, 0.3) is 0 Å². The Morgan fingerprint density at radius 2 is 2.00 bits per heavy atom. The van der Waals surface area contributed by atoms with E-state index in [-0.39, 0.29) is 5.91 Å². The Labute approximate surface area is 126 Å². The van der Waals surface area contributed by atoms with Crippen LogP contribution in [0.4, 0.5) is 0 Å². The predicted molar refractivity (Wildman–Crippen MR) is 83.9 cm³/mol. The smallest absolute Gasteiger partial charge is 0.231 e. The summed E-state index contributed by atoms with van der Waals surface area (Å²) in [6.07, 6.45) is 4.90. The summed E-state index contributed by atoms with van der Waals surface area (Å²) in [7, 11) is 0. The molecule has 1 aromatic rings. The molecule has 1 saturated carbocycles. The molecule has 0 spiro atoms. The van der Waals surface area contributed by atoms with Crippen LogP contribution < -0.4 is 11.1 Å². The number of hydrogen-bond donors (Lipinski definition) is 2. The van der Waals surface area contributed by atoms with Crippen LogP contribution in [0.5, 0.6) is 0 Å². The van der Waals surface area contributed by atoms with Crippen LogP contribution >= 0.6 is 0 Å².